The van der Waals surface area contributed by atoms with E-state index in [0.29, 0.717) is 0 Å². The van der Waals surface area contributed by atoms with E-state index in [9.17, 15) is 4.79 Å². The molecule has 0 bridgehead atoms. The molecule has 0 radical (unpaired) electrons. The molecule has 0 fully saturated rings. The summed E-state index contributed by atoms with van der Waals surface area (Å²) < 4.78 is 5.42. The van der Waals surface area contributed by atoms with E-state index in [1.165, 1.54) is 0 Å². The van der Waals surface area contributed by atoms with Gasteiger partial charge in [-0.25, -0.2) is 9.78 Å². The lowest BCUT2D eigenvalue weighted by molar-refractivity contribution is 0.0508. The molecule has 27 heavy (non-hydrogen) atoms. The number of amides is 1. The van der Waals surface area contributed by atoms with Crippen LogP contribution in [-0.4, -0.2) is 30.3 Å². The maximum atomic E-state index is 12.2. The standard InChI is InChI=1S/C22H33N3O2/c1-8-9-13-25(7)20-18(16(3)23-21(26)27-22(4,5)6)14-17-12-10-11-15(2)19(17)24-20/h10-12,14,16H,8-9,13H2,1-7H3,(H,23,26). The zero-order valence-corrected chi connectivity index (χ0v) is 17.7. The summed E-state index contributed by atoms with van der Waals surface area (Å²) in [6.45, 7) is 12.7. The number of carbonyl (C=O) groups excluding carboxylic acids is 1. The SMILES string of the molecule is CCCCN(C)c1nc2c(C)cccc2cc1C(C)NC(=O)OC(C)(C)C. The summed E-state index contributed by atoms with van der Waals surface area (Å²) in [6.07, 6.45) is 1.80. The van der Waals surface area contributed by atoms with E-state index in [1.54, 1.807) is 0 Å². The number of carbonyl (C=O) groups is 1. The van der Waals surface area contributed by atoms with E-state index in [1.807, 2.05) is 33.8 Å². The van der Waals surface area contributed by atoms with Crippen LogP contribution < -0.4 is 10.2 Å². The lowest BCUT2D eigenvalue weighted by atomic mass is 10.0. The number of benzene rings is 1. The van der Waals surface area contributed by atoms with E-state index < -0.39 is 11.7 Å². The van der Waals surface area contributed by atoms with Crippen LogP contribution in [0.4, 0.5) is 10.6 Å². The molecule has 1 aromatic heterocycles. The third-order valence-electron chi connectivity index (χ3n) is 4.46. The molecule has 2 rings (SSSR count). The van der Waals surface area contributed by atoms with E-state index in [0.717, 1.165) is 47.2 Å². The zero-order chi connectivity index (χ0) is 20.2. The van der Waals surface area contributed by atoms with Crippen molar-refractivity contribution in [3.05, 3.63) is 35.4 Å². The number of anilines is 1. The number of aryl methyl sites for hydroxylation is 1. The van der Waals surface area contributed by atoms with Crippen molar-refractivity contribution < 1.29 is 9.53 Å². The molecule has 0 aliphatic carbocycles. The van der Waals surface area contributed by atoms with Crippen LogP contribution in [0.2, 0.25) is 0 Å². The first kappa shape index (κ1) is 21.0. The van der Waals surface area contributed by atoms with Crippen molar-refractivity contribution in [3.8, 4) is 0 Å². The minimum Gasteiger partial charge on any atom is -0.444 e. The summed E-state index contributed by atoms with van der Waals surface area (Å²) in [4.78, 5) is 19.4. The van der Waals surface area contributed by atoms with E-state index in [4.69, 9.17) is 9.72 Å². The Morgan fingerprint density at radius 2 is 2.04 bits per heavy atom. The Morgan fingerprint density at radius 1 is 1.33 bits per heavy atom. The second kappa shape index (κ2) is 8.59. The minimum atomic E-state index is -0.525. The Morgan fingerprint density at radius 3 is 2.67 bits per heavy atom. The average Bonchev–Trinajstić information content (AvgIpc) is 2.57. The first-order valence-electron chi connectivity index (χ1n) is 9.73. The van der Waals surface area contributed by atoms with Crippen molar-refractivity contribution in [2.75, 3.05) is 18.5 Å². The van der Waals surface area contributed by atoms with E-state index >= 15 is 0 Å². The number of unbranched alkanes of at least 4 members (excludes halogenated alkanes) is 1. The van der Waals surface area contributed by atoms with Gasteiger partial charge >= 0.3 is 6.09 Å². The molecule has 5 nitrogen and oxygen atoms in total. The number of fused-ring (bicyclic) bond motifs is 1. The van der Waals surface area contributed by atoms with E-state index in [-0.39, 0.29) is 6.04 Å². The Labute approximate surface area is 163 Å². The molecule has 1 N–H and O–H groups in total. The van der Waals surface area contributed by atoms with Gasteiger partial charge in [-0.15, -0.1) is 0 Å². The number of hydrogen-bond donors (Lipinski definition) is 1. The number of ether oxygens (including phenoxy) is 1. The van der Waals surface area contributed by atoms with Crippen molar-refractivity contribution in [2.24, 2.45) is 0 Å². The normalized spacial score (nSPS) is 12.7. The predicted octanol–water partition coefficient (Wildman–Crippen LogP) is 5.37. The van der Waals surface area contributed by atoms with Gasteiger partial charge in [-0.05, 0) is 52.7 Å². The number of aromatic nitrogens is 1. The van der Waals surface area contributed by atoms with Gasteiger partial charge in [0.15, 0.2) is 0 Å². The fourth-order valence-corrected chi connectivity index (χ4v) is 3.04. The molecule has 0 spiro atoms. The van der Waals surface area contributed by atoms with Gasteiger partial charge in [-0.1, -0.05) is 31.5 Å². The highest BCUT2D eigenvalue weighted by atomic mass is 16.6. The summed E-state index contributed by atoms with van der Waals surface area (Å²) in [7, 11) is 2.06. The third-order valence-corrected chi connectivity index (χ3v) is 4.46. The van der Waals surface area contributed by atoms with Crippen LogP contribution in [0.1, 0.15) is 64.6 Å². The third kappa shape index (κ3) is 5.59. The highest BCUT2D eigenvalue weighted by Gasteiger charge is 2.22. The fraction of sp³-hybridized carbons (Fsp3) is 0.545. The van der Waals surface area contributed by atoms with Gasteiger partial charge < -0.3 is 15.0 Å². The molecule has 1 aromatic carbocycles. The quantitative estimate of drug-likeness (QED) is 0.742. The highest BCUT2D eigenvalue weighted by molar-refractivity contribution is 5.85. The molecule has 0 aliphatic rings. The van der Waals surface area contributed by atoms with Crippen molar-refractivity contribution in [1.82, 2.24) is 10.3 Å². The monoisotopic (exact) mass is 371 g/mol. The fourth-order valence-electron chi connectivity index (χ4n) is 3.04. The predicted molar refractivity (Wildman–Crippen MR) is 112 cm³/mol. The lowest BCUT2D eigenvalue weighted by Gasteiger charge is -2.26. The van der Waals surface area contributed by atoms with Crippen molar-refractivity contribution >= 4 is 22.8 Å². The molecule has 2 aromatic rings. The van der Waals surface area contributed by atoms with Gasteiger partial charge in [-0.2, -0.15) is 0 Å². The van der Waals surface area contributed by atoms with E-state index in [2.05, 4.69) is 49.3 Å². The van der Waals surface area contributed by atoms with Crippen molar-refractivity contribution in [1.29, 1.82) is 0 Å². The number of rotatable bonds is 6. The van der Waals surface area contributed by atoms with Gasteiger partial charge in [0.05, 0.1) is 11.6 Å². The molecule has 1 atom stereocenters. The van der Waals surface area contributed by atoms with Crippen LogP contribution in [0.15, 0.2) is 24.3 Å². The molecule has 5 heteroatoms. The number of nitrogens with one attached hydrogen (secondary N) is 1. The van der Waals surface area contributed by atoms with Crippen LogP contribution in [0.5, 0.6) is 0 Å². The van der Waals surface area contributed by atoms with Crippen molar-refractivity contribution in [2.45, 2.75) is 66.0 Å². The van der Waals surface area contributed by atoms with Crippen LogP contribution in [-0.2, 0) is 4.74 Å². The highest BCUT2D eigenvalue weighted by Crippen LogP contribution is 2.29. The van der Waals surface area contributed by atoms with Crippen molar-refractivity contribution in [3.63, 3.8) is 0 Å². The van der Waals surface area contributed by atoms with Crippen LogP contribution in [0, 0.1) is 6.92 Å². The Balaban J connectivity index is 2.41. The maximum absolute atomic E-state index is 12.2. The molecule has 1 heterocycles. The molecule has 0 saturated carbocycles. The summed E-state index contributed by atoms with van der Waals surface area (Å²) in [5.74, 6) is 0.911. The zero-order valence-electron chi connectivity index (χ0n) is 17.7. The Bertz CT molecular complexity index is 796. The van der Waals surface area contributed by atoms with Gasteiger partial charge in [0.2, 0.25) is 0 Å². The first-order valence-corrected chi connectivity index (χ1v) is 9.73. The summed E-state index contributed by atoms with van der Waals surface area (Å²) in [6, 6.07) is 8.10. The van der Waals surface area contributed by atoms with Crippen LogP contribution >= 0.6 is 0 Å². The molecular formula is C22H33N3O2. The molecule has 1 amide bonds. The Kier molecular flexibility index (Phi) is 6.68. The average molecular weight is 372 g/mol. The smallest absolute Gasteiger partial charge is 0.408 e. The first-order chi connectivity index (χ1) is 12.6. The summed E-state index contributed by atoms with van der Waals surface area (Å²) >= 11 is 0. The topological polar surface area (TPSA) is 54.5 Å². The molecule has 0 saturated heterocycles. The van der Waals surface area contributed by atoms with Gasteiger partial charge in [0.1, 0.15) is 11.4 Å². The van der Waals surface area contributed by atoms with Gasteiger partial charge in [-0.3, -0.25) is 0 Å². The number of para-hydroxylation sites is 1. The largest absolute Gasteiger partial charge is 0.444 e. The summed E-state index contributed by atoms with van der Waals surface area (Å²) in [5.41, 5.74) is 2.63. The second-order valence-corrected chi connectivity index (χ2v) is 8.19. The molecular weight excluding hydrogens is 338 g/mol. The van der Waals surface area contributed by atoms with Gasteiger partial charge in [0.25, 0.3) is 0 Å². The second-order valence-electron chi connectivity index (χ2n) is 8.19. The molecule has 1 unspecified atom stereocenters. The molecule has 0 aliphatic heterocycles. The molecule has 148 valence electrons. The Hall–Kier alpha value is -2.30. The number of pyridine rings is 1. The number of nitrogens with zero attached hydrogens (tertiary/aromatic N) is 2. The summed E-state index contributed by atoms with van der Waals surface area (Å²) in [5, 5.41) is 4.03. The van der Waals surface area contributed by atoms with Gasteiger partial charge in [0, 0.05) is 24.5 Å². The number of hydrogen-bond acceptors (Lipinski definition) is 4. The number of alkyl carbamates (subject to hydrolysis) is 1. The maximum Gasteiger partial charge on any atom is 0.408 e. The van der Waals surface area contributed by atoms with Crippen LogP contribution in [0.25, 0.3) is 10.9 Å². The lowest BCUT2D eigenvalue weighted by Crippen LogP contribution is -2.34. The van der Waals surface area contributed by atoms with Crippen LogP contribution in [0.3, 0.4) is 0 Å². The minimum absolute atomic E-state index is 0.212.